The predicted molar refractivity (Wildman–Crippen MR) is 117 cm³/mol. The summed E-state index contributed by atoms with van der Waals surface area (Å²) in [4.78, 5) is 2.53. The SMILES string of the molecule is C=CCOc1c(CN2C3CCC2CC(O)(c2ccccc2OC)C3)cccc1OC. The lowest BCUT2D eigenvalue weighted by Gasteiger charge is -2.44. The molecule has 5 heteroatoms. The fourth-order valence-corrected chi connectivity index (χ4v) is 5.17. The molecule has 0 aliphatic carbocycles. The van der Waals surface area contributed by atoms with Gasteiger partial charge < -0.3 is 19.3 Å². The minimum atomic E-state index is -0.856. The summed E-state index contributed by atoms with van der Waals surface area (Å²) in [6.45, 7) is 4.97. The summed E-state index contributed by atoms with van der Waals surface area (Å²) >= 11 is 0. The molecule has 2 saturated heterocycles. The van der Waals surface area contributed by atoms with Crippen LogP contribution in [0.25, 0.3) is 0 Å². The van der Waals surface area contributed by atoms with E-state index in [1.807, 2.05) is 36.4 Å². The zero-order valence-electron chi connectivity index (χ0n) is 17.8. The highest BCUT2D eigenvalue weighted by molar-refractivity contribution is 5.47. The number of hydrogen-bond donors (Lipinski definition) is 1. The molecular weight excluding hydrogens is 378 g/mol. The molecule has 2 aliphatic rings. The molecule has 0 radical (unpaired) electrons. The van der Waals surface area contributed by atoms with Crippen LogP contribution in [0, 0.1) is 0 Å². The Kier molecular flexibility index (Phi) is 6.02. The summed E-state index contributed by atoms with van der Waals surface area (Å²) in [6.07, 6.45) is 5.34. The molecule has 1 N–H and O–H groups in total. The van der Waals surface area contributed by atoms with Gasteiger partial charge in [-0.3, -0.25) is 4.90 Å². The summed E-state index contributed by atoms with van der Waals surface area (Å²) in [5, 5.41) is 11.6. The molecule has 0 saturated carbocycles. The van der Waals surface area contributed by atoms with Crippen LogP contribution in [-0.4, -0.2) is 42.9 Å². The van der Waals surface area contributed by atoms with Crippen LogP contribution in [0.2, 0.25) is 0 Å². The number of benzene rings is 2. The third kappa shape index (κ3) is 3.80. The highest BCUT2D eigenvalue weighted by Crippen LogP contribution is 2.48. The third-order valence-electron chi connectivity index (χ3n) is 6.50. The number of nitrogens with zero attached hydrogens (tertiary/aromatic N) is 1. The first-order chi connectivity index (χ1) is 14.6. The molecule has 5 nitrogen and oxygen atoms in total. The van der Waals surface area contributed by atoms with Crippen LogP contribution in [0.15, 0.2) is 55.1 Å². The summed E-state index contributed by atoms with van der Waals surface area (Å²) in [6, 6.07) is 14.5. The number of fused-ring (bicyclic) bond motifs is 2. The van der Waals surface area contributed by atoms with Crippen molar-refractivity contribution in [3.63, 3.8) is 0 Å². The molecule has 0 spiro atoms. The lowest BCUT2D eigenvalue weighted by atomic mass is 9.80. The van der Waals surface area contributed by atoms with Crippen molar-refractivity contribution in [3.8, 4) is 17.2 Å². The van der Waals surface area contributed by atoms with E-state index in [1.54, 1.807) is 20.3 Å². The number of hydrogen-bond acceptors (Lipinski definition) is 5. The standard InChI is InChI=1S/C25H31NO4/c1-4-14-30-24-18(8-7-11-23(24)29-3)17-26-19-12-13-20(26)16-25(27,15-19)21-9-5-6-10-22(21)28-2/h4-11,19-20,27H,1,12-17H2,2-3H3. The number of ether oxygens (including phenoxy) is 3. The van der Waals surface area contributed by atoms with E-state index in [0.717, 1.165) is 47.8 Å². The topological polar surface area (TPSA) is 51.2 Å². The zero-order chi connectivity index (χ0) is 21.1. The molecule has 0 amide bonds. The van der Waals surface area contributed by atoms with E-state index in [2.05, 4.69) is 17.5 Å². The second kappa shape index (κ2) is 8.70. The van der Waals surface area contributed by atoms with Crippen LogP contribution in [0.1, 0.15) is 36.8 Å². The predicted octanol–water partition coefficient (Wildman–Crippen LogP) is 4.28. The average molecular weight is 410 g/mol. The largest absolute Gasteiger partial charge is 0.496 e. The molecule has 4 rings (SSSR count). The Balaban J connectivity index is 1.58. The minimum absolute atomic E-state index is 0.317. The van der Waals surface area contributed by atoms with Crippen LogP contribution >= 0.6 is 0 Å². The number of piperidine rings is 1. The van der Waals surface area contributed by atoms with Crippen molar-refractivity contribution in [1.82, 2.24) is 4.90 Å². The molecule has 30 heavy (non-hydrogen) atoms. The minimum Gasteiger partial charge on any atom is -0.496 e. The maximum Gasteiger partial charge on any atom is 0.166 e. The Bertz CT molecular complexity index is 882. The van der Waals surface area contributed by atoms with E-state index in [4.69, 9.17) is 14.2 Å². The number of rotatable bonds is 8. The van der Waals surface area contributed by atoms with Crippen molar-refractivity contribution in [1.29, 1.82) is 0 Å². The zero-order valence-corrected chi connectivity index (χ0v) is 17.8. The Morgan fingerprint density at radius 1 is 1.03 bits per heavy atom. The van der Waals surface area contributed by atoms with Crippen LogP contribution < -0.4 is 14.2 Å². The Morgan fingerprint density at radius 2 is 1.70 bits per heavy atom. The molecule has 2 fully saturated rings. The van der Waals surface area contributed by atoms with E-state index < -0.39 is 5.60 Å². The monoisotopic (exact) mass is 409 g/mol. The Hall–Kier alpha value is -2.50. The third-order valence-corrected chi connectivity index (χ3v) is 6.50. The molecule has 2 heterocycles. The van der Waals surface area contributed by atoms with Crippen molar-refractivity contribution in [2.75, 3.05) is 20.8 Å². The van der Waals surface area contributed by atoms with E-state index in [1.165, 1.54) is 0 Å². The van der Waals surface area contributed by atoms with E-state index in [0.29, 0.717) is 31.5 Å². The quantitative estimate of drug-likeness (QED) is 0.660. The lowest BCUT2D eigenvalue weighted by Crippen LogP contribution is -2.49. The maximum absolute atomic E-state index is 11.6. The molecule has 0 aromatic heterocycles. The van der Waals surface area contributed by atoms with Gasteiger partial charge in [0, 0.05) is 29.8 Å². The summed E-state index contributed by atoms with van der Waals surface area (Å²) in [7, 11) is 3.33. The summed E-state index contributed by atoms with van der Waals surface area (Å²) in [5.41, 5.74) is 1.15. The molecule has 2 unspecified atom stereocenters. The summed E-state index contributed by atoms with van der Waals surface area (Å²) in [5.74, 6) is 2.29. The molecule has 160 valence electrons. The van der Waals surface area contributed by atoms with Gasteiger partial charge in [0.1, 0.15) is 12.4 Å². The number of para-hydroxylation sites is 2. The fraction of sp³-hybridized carbons (Fsp3) is 0.440. The smallest absolute Gasteiger partial charge is 0.166 e. The van der Waals surface area contributed by atoms with Gasteiger partial charge >= 0.3 is 0 Å². The first-order valence-electron chi connectivity index (χ1n) is 10.6. The Morgan fingerprint density at radius 3 is 2.37 bits per heavy atom. The summed E-state index contributed by atoms with van der Waals surface area (Å²) < 4.78 is 17.0. The molecular formula is C25H31NO4. The number of methoxy groups -OCH3 is 2. The van der Waals surface area contributed by atoms with Crippen molar-refractivity contribution < 1.29 is 19.3 Å². The fourth-order valence-electron chi connectivity index (χ4n) is 5.17. The number of aliphatic hydroxyl groups is 1. The van der Waals surface area contributed by atoms with Gasteiger partial charge in [0.2, 0.25) is 0 Å². The molecule has 2 atom stereocenters. The van der Waals surface area contributed by atoms with Gasteiger partial charge in [-0.25, -0.2) is 0 Å². The molecule has 2 aliphatic heterocycles. The van der Waals surface area contributed by atoms with Gasteiger partial charge in [0.25, 0.3) is 0 Å². The van der Waals surface area contributed by atoms with E-state index >= 15 is 0 Å². The average Bonchev–Trinajstić information content (AvgIpc) is 3.01. The van der Waals surface area contributed by atoms with Crippen LogP contribution in [0.5, 0.6) is 17.2 Å². The van der Waals surface area contributed by atoms with Gasteiger partial charge in [-0.2, -0.15) is 0 Å². The van der Waals surface area contributed by atoms with Crippen molar-refractivity contribution >= 4 is 0 Å². The van der Waals surface area contributed by atoms with E-state index in [-0.39, 0.29) is 0 Å². The second-order valence-electron chi connectivity index (χ2n) is 8.25. The van der Waals surface area contributed by atoms with Gasteiger partial charge in [-0.15, -0.1) is 0 Å². The van der Waals surface area contributed by atoms with Crippen molar-refractivity contribution in [2.24, 2.45) is 0 Å². The van der Waals surface area contributed by atoms with Gasteiger partial charge in [-0.1, -0.05) is 43.0 Å². The highest BCUT2D eigenvalue weighted by Gasteiger charge is 2.49. The van der Waals surface area contributed by atoms with Crippen LogP contribution in [0.3, 0.4) is 0 Å². The molecule has 2 aromatic rings. The molecule has 2 bridgehead atoms. The van der Waals surface area contributed by atoms with Crippen molar-refractivity contribution in [3.05, 3.63) is 66.2 Å². The highest BCUT2D eigenvalue weighted by atomic mass is 16.5. The first kappa shape index (κ1) is 20.8. The normalized spacial score (nSPS) is 25.7. The van der Waals surface area contributed by atoms with Gasteiger partial charge in [-0.05, 0) is 37.8 Å². The van der Waals surface area contributed by atoms with Crippen molar-refractivity contribution in [2.45, 2.75) is 49.9 Å². The Labute approximate surface area is 178 Å². The van der Waals surface area contributed by atoms with Crippen LogP contribution in [0.4, 0.5) is 0 Å². The van der Waals surface area contributed by atoms with Gasteiger partial charge in [0.05, 0.1) is 19.8 Å². The molecule has 2 aromatic carbocycles. The second-order valence-corrected chi connectivity index (χ2v) is 8.25. The van der Waals surface area contributed by atoms with E-state index in [9.17, 15) is 5.11 Å². The van der Waals surface area contributed by atoms with Gasteiger partial charge in [0.15, 0.2) is 11.5 Å². The first-order valence-corrected chi connectivity index (χ1v) is 10.6. The maximum atomic E-state index is 11.6. The van der Waals surface area contributed by atoms with Crippen LogP contribution in [-0.2, 0) is 12.1 Å². The lowest BCUT2D eigenvalue weighted by molar-refractivity contribution is -0.0608.